The molecule has 26 heavy (non-hydrogen) atoms. The van der Waals surface area contributed by atoms with E-state index in [4.69, 9.17) is 0 Å². The van der Waals surface area contributed by atoms with Gasteiger partial charge in [0.25, 0.3) is 0 Å². The lowest BCUT2D eigenvalue weighted by atomic mass is 9.74. The first-order valence-electron chi connectivity index (χ1n) is 8.83. The molecule has 4 rings (SSSR count). The van der Waals surface area contributed by atoms with Crippen LogP contribution in [0.4, 0.5) is 11.4 Å². The van der Waals surface area contributed by atoms with Crippen LogP contribution >= 0.6 is 0 Å². The maximum Gasteiger partial charge on any atom is 0.484 e. The number of anilines is 2. The Morgan fingerprint density at radius 2 is 1.46 bits per heavy atom. The maximum absolute atomic E-state index is 9.42. The predicted octanol–water partition coefficient (Wildman–Crippen LogP) is 4.59. The summed E-state index contributed by atoms with van der Waals surface area (Å²) in [7, 11) is -1.38. The van der Waals surface area contributed by atoms with E-state index in [2.05, 4.69) is 59.5 Å². The first-order valence-corrected chi connectivity index (χ1v) is 8.83. The Kier molecular flexibility index (Phi) is 4.61. The zero-order chi connectivity index (χ0) is 17.9. The largest absolute Gasteiger partial charge is 0.484 e. The standard InChI is InChI=1S/C22H20BNO2/c25-23(26)18-13-15-20(16-14-18)24(19-9-2-1-3-10-19)22-12-6-8-17-7-4-5-11-21(17)22/h1-13,15,25-26H,14,16H2. The highest BCUT2D eigenvalue weighted by molar-refractivity contribution is 6.50. The van der Waals surface area contributed by atoms with E-state index >= 15 is 0 Å². The SMILES string of the molecule is OB(O)C1=CC=C(N(c2ccccc2)c2cccc3ccccc23)CC1. The molecule has 0 amide bonds. The Morgan fingerprint density at radius 3 is 2.19 bits per heavy atom. The number of allylic oxidation sites excluding steroid dienone is 4. The normalized spacial score (nSPS) is 13.9. The van der Waals surface area contributed by atoms with Gasteiger partial charge >= 0.3 is 7.12 Å². The van der Waals surface area contributed by atoms with Crippen LogP contribution in [-0.4, -0.2) is 17.2 Å². The van der Waals surface area contributed by atoms with Gasteiger partial charge in [-0.1, -0.05) is 60.7 Å². The number of benzene rings is 3. The van der Waals surface area contributed by atoms with E-state index in [0.29, 0.717) is 11.9 Å². The molecule has 3 aromatic rings. The van der Waals surface area contributed by atoms with Crippen molar-refractivity contribution in [3.63, 3.8) is 0 Å². The van der Waals surface area contributed by atoms with Crippen molar-refractivity contribution < 1.29 is 10.0 Å². The molecule has 0 aromatic heterocycles. The van der Waals surface area contributed by atoms with Gasteiger partial charge in [-0.3, -0.25) is 0 Å². The molecule has 0 unspecified atom stereocenters. The third-order valence-corrected chi connectivity index (χ3v) is 4.80. The molecule has 128 valence electrons. The first-order chi connectivity index (χ1) is 12.7. The lowest BCUT2D eigenvalue weighted by Gasteiger charge is -2.30. The third kappa shape index (κ3) is 3.17. The molecule has 0 saturated carbocycles. The Bertz CT molecular complexity index is 974. The fourth-order valence-electron chi connectivity index (χ4n) is 3.48. The van der Waals surface area contributed by atoms with Crippen LogP contribution in [-0.2, 0) is 0 Å². The minimum absolute atomic E-state index is 0.637. The summed E-state index contributed by atoms with van der Waals surface area (Å²) < 4.78 is 0. The van der Waals surface area contributed by atoms with Crippen molar-refractivity contribution in [3.8, 4) is 0 Å². The molecule has 3 aromatic carbocycles. The highest BCUT2D eigenvalue weighted by Crippen LogP contribution is 2.38. The summed E-state index contributed by atoms with van der Waals surface area (Å²) >= 11 is 0. The zero-order valence-corrected chi connectivity index (χ0v) is 14.4. The first kappa shape index (κ1) is 16.6. The molecule has 0 bridgehead atoms. The summed E-state index contributed by atoms with van der Waals surface area (Å²) in [6.45, 7) is 0. The molecule has 1 aliphatic carbocycles. The van der Waals surface area contributed by atoms with Crippen LogP contribution in [0.25, 0.3) is 10.8 Å². The van der Waals surface area contributed by atoms with E-state index in [1.807, 2.05) is 30.4 Å². The number of para-hydroxylation sites is 1. The fraction of sp³-hybridized carbons (Fsp3) is 0.0909. The molecule has 4 heteroatoms. The van der Waals surface area contributed by atoms with Gasteiger partial charge in [-0.2, -0.15) is 0 Å². The van der Waals surface area contributed by atoms with Crippen molar-refractivity contribution in [2.45, 2.75) is 12.8 Å². The minimum atomic E-state index is -1.38. The van der Waals surface area contributed by atoms with Crippen LogP contribution in [0.2, 0.25) is 0 Å². The Hall–Kier alpha value is -2.82. The molecular formula is C22H20BNO2. The number of rotatable bonds is 4. The maximum atomic E-state index is 9.42. The highest BCUT2D eigenvalue weighted by Gasteiger charge is 2.22. The summed E-state index contributed by atoms with van der Waals surface area (Å²) in [5.74, 6) is 0. The van der Waals surface area contributed by atoms with Crippen LogP contribution in [0.15, 0.2) is 96.1 Å². The van der Waals surface area contributed by atoms with E-state index in [9.17, 15) is 10.0 Å². The van der Waals surface area contributed by atoms with E-state index in [1.54, 1.807) is 0 Å². The minimum Gasteiger partial charge on any atom is -0.423 e. The molecule has 2 N–H and O–H groups in total. The van der Waals surface area contributed by atoms with Gasteiger partial charge in [0, 0.05) is 16.8 Å². The van der Waals surface area contributed by atoms with Crippen molar-refractivity contribution in [2.75, 3.05) is 4.90 Å². The molecule has 0 atom stereocenters. The second-order valence-corrected chi connectivity index (χ2v) is 6.44. The van der Waals surface area contributed by atoms with Crippen LogP contribution in [0.1, 0.15) is 12.8 Å². The second kappa shape index (κ2) is 7.20. The van der Waals surface area contributed by atoms with Gasteiger partial charge in [-0.15, -0.1) is 0 Å². The van der Waals surface area contributed by atoms with Crippen molar-refractivity contribution >= 4 is 29.3 Å². The van der Waals surface area contributed by atoms with Gasteiger partial charge < -0.3 is 14.9 Å². The Labute approximate surface area is 153 Å². The zero-order valence-electron chi connectivity index (χ0n) is 14.4. The van der Waals surface area contributed by atoms with E-state index < -0.39 is 7.12 Å². The molecular weight excluding hydrogens is 321 g/mol. The van der Waals surface area contributed by atoms with E-state index in [-0.39, 0.29) is 0 Å². The second-order valence-electron chi connectivity index (χ2n) is 6.44. The molecule has 0 radical (unpaired) electrons. The topological polar surface area (TPSA) is 43.7 Å². The number of hydrogen-bond acceptors (Lipinski definition) is 3. The number of hydrogen-bond donors (Lipinski definition) is 2. The molecule has 0 heterocycles. The summed E-state index contributed by atoms with van der Waals surface area (Å²) in [5.41, 5.74) is 4.01. The average Bonchev–Trinajstić information content (AvgIpc) is 2.70. The molecule has 1 aliphatic rings. The van der Waals surface area contributed by atoms with E-state index in [0.717, 1.165) is 23.5 Å². The molecule has 0 fully saturated rings. The molecule has 3 nitrogen and oxygen atoms in total. The molecule has 0 saturated heterocycles. The van der Waals surface area contributed by atoms with Crippen molar-refractivity contribution in [2.24, 2.45) is 0 Å². The van der Waals surface area contributed by atoms with Gasteiger partial charge in [0.2, 0.25) is 0 Å². The third-order valence-electron chi connectivity index (χ3n) is 4.80. The van der Waals surface area contributed by atoms with Crippen LogP contribution in [0, 0.1) is 0 Å². The molecule has 0 spiro atoms. The summed E-state index contributed by atoms with van der Waals surface area (Å²) in [6, 6.07) is 25.0. The van der Waals surface area contributed by atoms with E-state index in [1.165, 1.54) is 10.8 Å². The van der Waals surface area contributed by atoms with Crippen molar-refractivity contribution in [3.05, 3.63) is 96.1 Å². The van der Waals surface area contributed by atoms with Gasteiger partial charge in [0.05, 0.1) is 5.69 Å². The Morgan fingerprint density at radius 1 is 0.731 bits per heavy atom. The van der Waals surface area contributed by atoms with Gasteiger partial charge in [0.15, 0.2) is 0 Å². The van der Waals surface area contributed by atoms with Gasteiger partial charge in [-0.05, 0) is 48.0 Å². The van der Waals surface area contributed by atoms with Gasteiger partial charge in [-0.25, -0.2) is 0 Å². The highest BCUT2D eigenvalue weighted by atomic mass is 16.4. The van der Waals surface area contributed by atoms with Gasteiger partial charge in [0.1, 0.15) is 0 Å². The number of fused-ring (bicyclic) bond motifs is 1. The summed E-state index contributed by atoms with van der Waals surface area (Å²) in [4.78, 5) is 2.26. The monoisotopic (exact) mass is 341 g/mol. The summed E-state index contributed by atoms with van der Waals surface area (Å²) in [5, 5.41) is 21.2. The van der Waals surface area contributed by atoms with Crippen LogP contribution in [0.3, 0.4) is 0 Å². The average molecular weight is 341 g/mol. The predicted molar refractivity (Wildman–Crippen MR) is 108 cm³/mol. The van der Waals surface area contributed by atoms with Crippen LogP contribution < -0.4 is 4.90 Å². The van der Waals surface area contributed by atoms with Crippen molar-refractivity contribution in [1.29, 1.82) is 0 Å². The number of nitrogens with zero attached hydrogens (tertiary/aromatic N) is 1. The smallest absolute Gasteiger partial charge is 0.423 e. The lowest BCUT2D eigenvalue weighted by molar-refractivity contribution is 0.416. The fourth-order valence-corrected chi connectivity index (χ4v) is 3.48. The quantitative estimate of drug-likeness (QED) is 0.682. The van der Waals surface area contributed by atoms with Crippen LogP contribution in [0.5, 0.6) is 0 Å². The Balaban J connectivity index is 1.88. The molecule has 0 aliphatic heterocycles. The lowest BCUT2D eigenvalue weighted by Crippen LogP contribution is -2.22. The summed E-state index contributed by atoms with van der Waals surface area (Å²) in [6.07, 6.45) is 5.21. The van der Waals surface area contributed by atoms with Crippen molar-refractivity contribution in [1.82, 2.24) is 0 Å².